The maximum absolute atomic E-state index is 5.77. The lowest BCUT2D eigenvalue weighted by Gasteiger charge is -2.16. The summed E-state index contributed by atoms with van der Waals surface area (Å²) in [6.45, 7) is 6.74. The summed E-state index contributed by atoms with van der Waals surface area (Å²) < 4.78 is 0. The highest BCUT2D eigenvalue weighted by Gasteiger charge is 2.10. The van der Waals surface area contributed by atoms with E-state index in [1.807, 2.05) is 6.07 Å². The minimum Gasteiger partial charge on any atom is -0.389 e. The highest BCUT2D eigenvalue weighted by atomic mass is 32.1. The standard InChI is InChI=1S/C15H23N3S/c1-12-5-6-14(13(11-12)15(16)19)17-7-4-10-18-8-2-3-9-18/h5-6,11,17H,2-4,7-10H2,1H3,(H2,16,19). The summed E-state index contributed by atoms with van der Waals surface area (Å²) in [5.74, 6) is 0. The van der Waals surface area contributed by atoms with E-state index < -0.39 is 0 Å². The summed E-state index contributed by atoms with van der Waals surface area (Å²) >= 11 is 5.10. The van der Waals surface area contributed by atoms with Crippen molar-refractivity contribution in [3.8, 4) is 0 Å². The molecule has 0 aromatic heterocycles. The number of thiocarbonyl (C=S) groups is 1. The third-order valence-corrected chi connectivity index (χ3v) is 3.83. The van der Waals surface area contributed by atoms with Crippen molar-refractivity contribution in [2.45, 2.75) is 26.2 Å². The van der Waals surface area contributed by atoms with Crippen molar-refractivity contribution in [1.82, 2.24) is 4.90 Å². The maximum Gasteiger partial charge on any atom is 0.106 e. The van der Waals surface area contributed by atoms with Crippen LogP contribution in [0.1, 0.15) is 30.4 Å². The van der Waals surface area contributed by atoms with Crippen molar-refractivity contribution in [3.63, 3.8) is 0 Å². The molecule has 1 saturated heterocycles. The van der Waals surface area contributed by atoms with Gasteiger partial charge in [-0.15, -0.1) is 0 Å². The summed E-state index contributed by atoms with van der Waals surface area (Å²) in [4.78, 5) is 3.00. The fourth-order valence-corrected chi connectivity index (χ4v) is 2.72. The molecule has 1 aromatic carbocycles. The van der Waals surface area contributed by atoms with Gasteiger partial charge in [-0.05, 0) is 58.0 Å². The first-order valence-corrected chi connectivity index (χ1v) is 7.44. The van der Waals surface area contributed by atoms with Crippen molar-refractivity contribution in [2.75, 3.05) is 31.5 Å². The first-order valence-electron chi connectivity index (χ1n) is 7.03. The van der Waals surface area contributed by atoms with Gasteiger partial charge in [-0.2, -0.15) is 0 Å². The molecule has 3 nitrogen and oxygen atoms in total. The molecule has 0 radical (unpaired) electrons. The number of nitrogens with zero attached hydrogens (tertiary/aromatic N) is 1. The fraction of sp³-hybridized carbons (Fsp3) is 0.533. The Morgan fingerprint density at radius 3 is 2.79 bits per heavy atom. The average Bonchev–Trinajstić information content (AvgIpc) is 2.89. The van der Waals surface area contributed by atoms with Crippen LogP contribution < -0.4 is 11.1 Å². The molecule has 1 heterocycles. The van der Waals surface area contributed by atoms with Crippen molar-refractivity contribution < 1.29 is 0 Å². The molecule has 0 bridgehead atoms. The van der Waals surface area contributed by atoms with E-state index in [9.17, 15) is 0 Å². The predicted molar refractivity (Wildman–Crippen MR) is 85.8 cm³/mol. The number of nitrogens with two attached hydrogens (primary N) is 1. The summed E-state index contributed by atoms with van der Waals surface area (Å²) in [5, 5.41) is 3.45. The third kappa shape index (κ3) is 4.18. The Hall–Kier alpha value is -1.13. The van der Waals surface area contributed by atoms with E-state index >= 15 is 0 Å². The highest BCUT2D eigenvalue weighted by Crippen LogP contribution is 2.17. The van der Waals surface area contributed by atoms with Crippen LogP contribution in [0.25, 0.3) is 0 Å². The van der Waals surface area contributed by atoms with Crippen molar-refractivity contribution in [3.05, 3.63) is 29.3 Å². The van der Waals surface area contributed by atoms with Crippen LogP contribution in [0, 0.1) is 6.92 Å². The Labute approximate surface area is 121 Å². The topological polar surface area (TPSA) is 41.3 Å². The second-order valence-electron chi connectivity index (χ2n) is 5.24. The van der Waals surface area contributed by atoms with Crippen LogP contribution in [0.3, 0.4) is 0 Å². The number of aryl methyl sites for hydroxylation is 1. The van der Waals surface area contributed by atoms with E-state index in [0.29, 0.717) is 4.99 Å². The number of anilines is 1. The zero-order chi connectivity index (χ0) is 13.7. The Morgan fingerprint density at radius 2 is 2.11 bits per heavy atom. The van der Waals surface area contributed by atoms with E-state index in [-0.39, 0.29) is 0 Å². The second-order valence-corrected chi connectivity index (χ2v) is 5.68. The van der Waals surface area contributed by atoms with Gasteiger partial charge >= 0.3 is 0 Å². The van der Waals surface area contributed by atoms with Gasteiger partial charge in [0.1, 0.15) is 4.99 Å². The molecule has 0 spiro atoms. The van der Waals surface area contributed by atoms with Crippen LogP contribution in [-0.2, 0) is 0 Å². The number of rotatable bonds is 6. The molecule has 1 aromatic rings. The van der Waals surface area contributed by atoms with Gasteiger partial charge in [0.25, 0.3) is 0 Å². The molecule has 0 aliphatic carbocycles. The Kier molecular flexibility index (Phi) is 5.16. The zero-order valence-electron chi connectivity index (χ0n) is 11.6. The van der Waals surface area contributed by atoms with E-state index in [4.69, 9.17) is 18.0 Å². The van der Waals surface area contributed by atoms with Gasteiger partial charge in [-0.1, -0.05) is 23.8 Å². The van der Waals surface area contributed by atoms with Crippen LogP contribution in [0.15, 0.2) is 18.2 Å². The van der Waals surface area contributed by atoms with E-state index in [1.54, 1.807) is 0 Å². The summed E-state index contributed by atoms with van der Waals surface area (Å²) in [6, 6.07) is 6.20. The third-order valence-electron chi connectivity index (χ3n) is 3.61. The normalized spacial score (nSPS) is 15.6. The molecule has 1 aliphatic heterocycles. The van der Waals surface area contributed by atoms with Gasteiger partial charge < -0.3 is 16.0 Å². The van der Waals surface area contributed by atoms with Gasteiger partial charge in [-0.3, -0.25) is 0 Å². The Morgan fingerprint density at radius 1 is 1.37 bits per heavy atom. The number of nitrogens with one attached hydrogen (secondary N) is 1. The lowest BCUT2D eigenvalue weighted by Crippen LogP contribution is -2.22. The number of likely N-dealkylation sites (tertiary alicyclic amines) is 1. The Bertz CT molecular complexity index is 439. The van der Waals surface area contributed by atoms with Crippen molar-refractivity contribution >= 4 is 22.9 Å². The molecule has 0 unspecified atom stereocenters. The molecule has 4 heteroatoms. The van der Waals surface area contributed by atoms with Crippen LogP contribution in [0.4, 0.5) is 5.69 Å². The minimum atomic E-state index is 0.464. The summed E-state index contributed by atoms with van der Waals surface area (Å²) in [7, 11) is 0. The SMILES string of the molecule is Cc1ccc(NCCCN2CCCC2)c(C(N)=S)c1. The van der Waals surface area contributed by atoms with E-state index in [2.05, 4.69) is 29.3 Å². The quantitative estimate of drug-likeness (QED) is 0.619. The van der Waals surface area contributed by atoms with Gasteiger partial charge in [0.2, 0.25) is 0 Å². The van der Waals surface area contributed by atoms with Crippen LogP contribution >= 0.6 is 12.2 Å². The first kappa shape index (κ1) is 14.3. The molecule has 3 N–H and O–H groups in total. The smallest absolute Gasteiger partial charge is 0.106 e. The number of benzene rings is 1. The molecule has 0 atom stereocenters. The van der Waals surface area contributed by atoms with E-state index in [1.165, 1.54) is 38.0 Å². The highest BCUT2D eigenvalue weighted by molar-refractivity contribution is 7.80. The largest absolute Gasteiger partial charge is 0.389 e. The minimum absolute atomic E-state index is 0.464. The fourth-order valence-electron chi connectivity index (χ4n) is 2.55. The molecule has 0 saturated carbocycles. The lowest BCUT2D eigenvalue weighted by molar-refractivity contribution is 0.337. The first-order chi connectivity index (χ1) is 9.16. The molecule has 1 aliphatic rings. The summed E-state index contributed by atoms with van der Waals surface area (Å²) in [6.07, 6.45) is 3.87. The van der Waals surface area contributed by atoms with Crippen LogP contribution in [-0.4, -0.2) is 36.1 Å². The molecule has 1 fully saturated rings. The molecular formula is C15H23N3S. The molecule has 0 amide bonds. The number of hydrogen-bond donors (Lipinski definition) is 2. The maximum atomic E-state index is 5.77. The van der Waals surface area contributed by atoms with Gasteiger partial charge in [0.05, 0.1) is 0 Å². The van der Waals surface area contributed by atoms with E-state index in [0.717, 1.165) is 24.2 Å². The van der Waals surface area contributed by atoms with Crippen molar-refractivity contribution in [2.24, 2.45) is 5.73 Å². The van der Waals surface area contributed by atoms with Gasteiger partial charge in [0.15, 0.2) is 0 Å². The molecular weight excluding hydrogens is 254 g/mol. The van der Waals surface area contributed by atoms with Crippen LogP contribution in [0.5, 0.6) is 0 Å². The second kappa shape index (κ2) is 6.87. The molecule has 104 valence electrons. The van der Waals surface area contributed by atoms with Gasteiger partial charge in [0, 0.05) is 17.8 Å². The lowest BCUT2D eigenvalue weighted by atomic mass is 10.1. The molecule has 2 rings (SSSR count). The predicted octanol–water partition coefficient (Wildman–Crippen LogP) is 2.53. The van der Waals surface area contributed by atoms with Crippen molar-refractivity contribution in [1.29, 1.82) is 0 Å². The zero-order valence-corrected chi connectivity index (χ0v) is 12.4. The summed E-state index contributed by atoms with van der Waals surface area (Å²) in [5.41, 5.74) is 8.97. The van der Waals surface area contributed by atoms with Crippen LogP contribution in [0.2, 0.25) is 0 Å². The number of hydrogen-bond acceptors (Lipinski definition) is 3. The average molecular weight is 277 g/mol. The monoisotopic (exact) mass is 277 g/mol. The Balaban J connectivity index is 1.83. The van der Waals surface area contributed by atoms with Gasteiger partial charge in [-0.25, -0.2) is 0 Å². The molecule has 19 heavy (non-hydrogen) atoms.